The summed E-state index contributed by atoms with van der Waals surface area (Å²) in [6, 6.07) is 5.39. The molecule has 0 radical (unpaired) electrons. The van der Waals surface area contributed by atoms with Crippen LogP contribution in [0, 0.1) is 6.92 Å². The van der Waals surface area contributed by atoms with Gasteiger partial charge in [-0.25, -0.2) is 4.98 Å². The molecule has 0 aliphatic rings. The summed E-state index contributed by atoms with van der Waals surface area (Å²) in [6.07, 6.45) is 1.72. The summed E-state index contributed by atoms with van der Waals surface area (Å²) in [4.78, 5) is 17.9. The van der Waals surface area contributed by atoms with Gasteiger partial charge >= 0.3 is 0 Å². The van der Waals surface area contributed by atoms with Crippen LogP contribution in [0.15, 0.2) is 28.9 Å². The van der Waals surface area contributed by atoms with Gasteiger partial charge in [-0.2, -0.15) is 0 Å². The zero-order valence-electron chi connectivity index (χ0n) is 11.2. The minimum absolute atomic E-state index is 0.222. The van der Waals surface area contributed by atoms with E-state index in [0.717, 1.165) is 11.4 Å². The van der Waals surface area contributed by atoms with Gasteiger partial charge < -0.3 is 14.7 Å². The van der Waals surface area contributed by atoms with Gasteiger partial charge in [0.25, 0.3) is 5.91 Å². The Kier molecular flexibility index (Phi) is 3.79. The molecule has 0 aromatic carbocycles. The number of rotatable bonds is 4. The van der Waals surface area contributed by atoms with E-state index in [0.29, 0.717) is 12.2 Å². The third-order valence-corrected chi connectivity index (χ3v) is 2.57. The van der Waals surface area contributed by atoms with Crippen LogP contribution in [0.25, 0.3) is 0 Å². The lowest BCUT2D eigenvalue weighted by atomic mass is 10.2. The number of carbonyl (C=O) groups is 1. The van der Waals surface area contributed by atoms with Gasteiger partial charge in [0.1, 0.15) is 5.82 Å². The SMILES string of the molecule is Cc1cc(C(=O)NCc2ccnc(N(C)C)c2)on1. The van der Waals surface area contributed by atoms with E-state index in [1.165, 1.54) is 0 Å². The summed E-state index contributed by atoms with van der Waals surface area (Å²) in [5, 5.41) is 6.45. The van der Waals surface area contributed by atoms with E-state index in [4.69, 9.17) is 4.52 Å². The molecule has 6 nitrogen and oxygen atoms in total. The summed E-state index contributed by atoms with van der Waals surface area (Å²) >= 11 is 0. The van der Waals surface area contributed by atoms with Crippen molar-refractivity contribution >= 4 is 11.7 Å². The normalized spacial score (nSPS) is 10.3. The number of anilines is 1. The van der Waals surface area contributed by atoms with Gasteiger partial charge in [-0.1, -0.05) is 5.16 Å². The van der Waals surface area contributed by atoms with E-state index >= 15 is 0 Å². The Hall–Kier alpha value is -2.37. The predicted molar refractivity (Wildman–Crippen MR) is 71.0 cm³/mol. The zero-order valence-corrected chi connectivity index (χ0v) is 11.2. The molecule has 0 spiro atoms. The van der Waals surface area contributed by atoms with E-state index in [1.54, 1.807) is 19.2 Å². The van der Waals surface area contributed by atoms with Gasteiger partial charge in [0, 0.05) is 32.9 Å². The molecular formula is C13H16N4O2. The largest absolute Gasteiger partial charge is 0.363 e. The zero-order chi connectivity index (χ0) is 13.8. The number of aromatic nitrogens is 2. The Morgan fingerprint density at radius 3 is 2.84 bits per heavy atom. The molecule has 0 bridgehead atoms. The van der Waals surface area contributed by atoms with Crippen LogP contribution in [0.3, 0.4) is 0 Å². The average Bonchev–Trinajstić information content (AvgIpc) is 2.83. The molecule has 0 aliphatic carbocycles. The first-order chi connectivity index (χ1) is 9.06. The van der Waals surface area contributed by atoms with Crippen LogP contribution in [-0.2, 0) is 6.54 Å². The van der Waals surface area contributed by atoms with Crippen LogP contribution < -0.4 is 10.2 Å². The molecule has 19 heavy (non-hydrogen) atoms. The Morgan fingerprint density at radius 2 is 2.21 bits per heavy atom. The molecule has 0 saturated carbocycles. The number of nitrogens with zero attached hydrogens (tertiary/aromatic N) is 3. The highest BCUT2D eigenvalue weighted by molar-refractivity contribution is 5.91. The molecule has 2 heterocycles. The van der Waals surface area contributed by atoms with Crippen molar-refractivity contribution in [1.82, 2.24) is 15.5 Å². The second-order valence-electron chi connectivity index (χ2n) is 4.43. The molecule has 100 valence electrons. The molecule has 6 heteroatoms. The van der Waals surface area contributed by atoms with Crippen LogP contribution in [0.4, 0.5) is 5.82 Å². The monoisotopic (exact) mass is 260 g/mol. The first kappa shape index (κ1) is 13.1. The van der Waals surface area contributed by atoms with Gasteiger partial charge in [0.15, 0.2) is 0 Å². The molecule has 0 unspecified atom stereocenters. The van der Waals surface area contributed by atoms with Gasteiger partial charge in [0.05, 0.1) is 5.69 Å². The Bertz CT molecular complexity index is 578. The number of hydrogen-bond acceptors (Lipinski definition) is 5. The molecule has 1 amide bonds. The molecule has 2 aromatic rings. The summed E-state index contributed by atoms with van der Waals surface area (Å²) in [7, 11) is 3.84. The van der Waals surface area contributed by atoms with Crippen molar-refractivity contribution in [3.05, 3.63) is 41.4 Å². The molecule has 1 N–H and O–H groups in total. The maximum Gasteiger partial charge on any atom is 0.290 e. The van der Waals surface area contributed by atoms with Crippen LogP contribution in [-0.4, -0.2) is 30.1 Å². The second kappa shape index (κ2) is 5.51. The fourth-order valence-electron chi connectivity index (χ4n) is 1.56. The summed E-state index contributed by atoms with van der Waals surface area (Å²) in [5.74, 6) is 0.797. The third-order valence-electron chi connectivity index (χ3n) is 2.57. The summed E-state index contributed by atoms with van der Waals surface area (Å²) in [5.41, 5.74) is 1.66. The van der Waals surface area contributed by atoms with E-state index in [2.05, 4.69) is 15.5 Å². The number of pyridine rings is 1. The fourth-order valence-corrected chi connectivity index (χ4v) is 1.56. The first-order valence-electron chi connectivity index (χ1n) is 5.90. The lowest BCUT2D eigenvalue weighted by Crippen LogP contribution is -2.22. The maximum absolute atomic E-state index is 11.8. The molecule has 0 atom stereocenters. The number of carbonyl (C=O) groups excluding carboxylic acids is 1. The van der Waals surface area contributed by atoms with Crippen molar-refractivity contribution in [1.29, 1.82) is 0 Å². The number of aryl methyl sites for hydroxylation is 1. The van der Waals surface area contributed by atoms with Crippen molar-refractivity contribution in [2.24, 2.45) is 0 Å². The lowest BCUT2D eigenvalue weighted by molar-refractivity contribution is 0.0914. The maximum atomic E-state index is 11.8. The fraction of sp³-hybridized carbons (Fsp3) is 0.308. The molecular weight excluding hydrogens is 244 g/mol. The van der Waals surface area contributed by atoms with Gasteiger partial charge in [0.2, 0.25) is 5.76 Å². The molecule has 0 saturated heterocycles. The van der Waals surface area contributed by atoms with E-state index in [1.807, 2.05) is 31.1 Å². The molecule has 2 aromatic heterocycles. The summed E-state index contributed by atoms with van der Waals surface area (Å²) < 4.78 is 4.89. The lowest BCUT2D eigenvalue weighted by Gasteiger charge is -2.12. The average molecular weight is 260 g/mol. The Labute approximate surface area is 111 Å². The van der Waals surface area contributed by atoms with E-state index in [-0.39, 0.29) is 11.7 Å². The third kappa shape index (κ3) is 3.31. The van der Waals surface area contributed by atoms with Crippen LogP contribution >= 0.6 is 0 Å². The highest BCUT2D eigenvalue weighted by atomic mass is 16.5. The van der Waals surface area contributed by atoms with Gasteiger partial charge in [-0.3, -0.25) is 4.79 Å². The van der Waals surface area contributed by atoms with Crippen molar-refractivity contribution in [2.45, 2.75) is 13.5 Å². The topological polar surface area (TPSA) is 71.3 Å². The van der Waals surface area contributed by atoms with Gasteiger partial charge in [-0.15, -0.1) is 0 Å². The standard InChI is InChI=1S/C13H16N4O2/c1-9-6-11(19-16-9)13(18)15-8-10-4-5-14-12(7-10)17(2)3/h4-7H,8H2,1-3H3,(H,15,18). The highest BCUT2D eigenvalue weighted by Gasteiger charge is 2.11. The smallest absolute Gasteiger partial charge is 0.290 e. The van der Waals surface area contributed by atoms with Gasteiger partial charge in [-0.05, 0) is 24.6 Å². The van der Waals surface area contributed by atoms with Crippen LogP contribution in [0.5, 0.6) is 0 Å². The molecule has 0 aliphatic heterocycles. The number of hydrogen-bond donors (Lipinski definition) is 1. The van der Waals surface area contributed by atoms with Crippen LogP contribution in [0.1, 0.15) is 21.8 Å². The summed E-state index contributed by atoms with van der Waals surface area (Å²) in [6.45, 7) is 2.19. The molecule has 2 rings (SSSR count). The van der Waals surface area contributed by atoms with E-state index < -0.39 is 0 Å². The van der Waals surface area contributed by atoms with E-state index in [9.17, 15) is 4.79 Å². The highest BCUT2D eigenvalue weighted by Crippen LogP contribution is 2.09. The van der Waals surface area contributed by atoms with Crippen molar-refractivity contribution in [3.63, 3.8) is 0 Å². The Morgan fingerprint density at radius 1 is 1.42 bits per heavy atom. The van der Waals surface area contributed by atoms with Crippen molar-refractivity contribution in [3.8, 4) is 0 Å². The Balaban J connectivity index is 1.99. The minimum atomic E-state index is -0.274. The van der Waals surface area contributed by atoms with Crippen molar-refractivity contribution < 1.29 is 9.32 Å². The quantitative estimate of drug-likeness (QED) is 0.899. The number of nitrogens with one attached hydrogen (secondary N) is 1. The predicted octanol–water partition coefficient (Wildman–Crippen LogP) is 1.37. The molecule has 0 fully saturated rings. The second-order valence-corrected chi connectivity index (χ2v) is 4.43. The van der Waals surface area contributed by atoms with Crippen LogP contribution in [0.2, 0.25) is 0 Å². The first-order valence-corrected chi connectivity index (χ1v) is 5.90. The minimum Gasteiger partial charge on any atom is -0.363 e. The van der Waals surface area contributed by atoms with Crippen molar-refractivity contribution in [2.75, 3.05) is 19.0 Å². The number of amides is 1.